The molecule has 7 rings (SSSR count). The number of nitro groups is 2. The van der Waals surface area contributed by atoms with Crippen molar-refractivity contribution < 1.29 is 39.4 Å². The van der Waals surface area contributed by atoms with E-state index in [0.29, 0.717) is 31.1 Å². The lowest BCUT2D eigenvalue weighted by Crippen LogP contribution is -2.65. The lowest BCUT2D eigenvalue weighted by atomic mass is 9.33. The van der Waals surface area contributed by atoms with E-state index in [-0.39, 0.29) is 56.9 Å². The summed E-state index contributed by atoms with van der Waals surface area (Å²) >= 11 is 0. The molecular formula is C41H58N4O10. The highest BCUT2D eigenvalue weighted by Crippen LogP contribution is 2.75. The summed E-state index contributed by atoms with van der Waals surface area (Å²) in [4.78, 5) is 36.2. The summed E-state index contributed by atoms with van der Waals surface area (Å²) in [6.45, 7) is 16.1. The van der Waals surface area contributed by atoms with Crippen LogP contribution in [0.25, 0.3) is 0 Å². The van der Waals surface area contributed by atoms with Gasteiger partial charge in [-0.2, -0.15) is 5.10 Å². The third-order valence-corrected chi connectivity index (χ3v) is 16.2. The molecule has 0 unspecified atom stereocenters. The first-order valence-corrected chi connectivity index (χ1v) is 19.9. The monoisotopic (exact) mass is 766 g/mol. The SMILES string of the molecule is CC1(C)CC[C@]2(C(=O)O[C@@H]3OC[C@@H](O)[C@@H](O)[C@@H]3O)CC[C@]3(C)C(=CC[C@@H]4[C@@]5(C)CC/C(=N\Nc6ccc([N+](=O)[O-])cc6[N+](=O)[O-])C(C)(C)[C@@H]5CC[C@]43C)[C@@H]2C1. The number of esters is 1. The summed E-state index contributed by atoms with van der Waals surface area (Å²) in [7, 11) is 0. The number of ether oxygens (including phenoxy) is 2. The molecule has 1 aromatic rings. The molecule has 6 aliphatic rings. The molecule has 1 saturated heterocycles. The number of hydrogen-bond donors (Lipinski definition) is 4. The van der Waals surface area contributed by atoms with E-state index >= 15 is 0 Å². The molecule has 55 heavy (non-hydrogen) atoms. The number of anilines is 1. The van der Waals surface area contributed by atoms with Crippen LogP contribution in [-0.4, -0.2) is 68.1 Å². The number of aliphatic hydroxyl groups excluding tert-OH is 3. The molecule has 302 valence electrons. The number of allylic oxidation sites excluding steroid dienone is 2. The molecule has 4 saturated carbocycles. The van der Waals surface area contributed by atoms with E-state index in [1.54, 1.807) is 0 Å². The molecule has 14 nitrogen and oxygen atoms in total. The van der Waals surface area contributed by atoms with Gasteiger partial charge in [-0.25, -0.2) is 0 Å². The van der Waals surface area contributed by atoms with E-state index in [1.165, 1.54) is 17.7 Å². The highest BCUT2D eigenvalue weighted by Gasteiger charge is 2.69. The maximum Gasteiger partial charge on any atom is 0.315 e. The lowest BCUT2D eigenvalue weighted by molar-refractivity contribution is -0.393. The van der Waals surface area contributed by atoms with Gasteiger partial charge >= 0.3 is 11.7 Å². The molecule has 4 N–H and O–H groups in total. The molecular weight excluding hydrogens is 708 g/mol. The Kier molecular flexibility index (Phi) is 9.62. The van der Waals surface area contributed by atoms with Gasteiger partial charge in [0.05, 0.1) is 27.9 Å². The quantitative estimate of drug-likeness (QED) is 0.0998. The van der Waals surface area contributed by atoms with Crippen molar-refractivity contribution in [2.45, 2.75) is 137 Å². The van der Waals surface area contributed by atoms with Crippen LogP contribution >= 0.6 is 0 Å². The maximum atomic E-state index is 14.4. The highest BCUT2D eigenvalue weighted by atomic mass is 16.7. The van der Waals surface area contributed by atoms with Crippen LogP contribution < -0.4 is 5.43 Å². The van der Waals surface area contributed by atoms with Crippen molar-refractivity contribution in [3.05, 3.63) is 50.1 Å². The fourth-order valence-electron chi connectivity index (χ4n) is 12.7. The maximum absolute atomic E-state index is 14.4. The summed E-state index contributed by atoms with van der Waals surface area (Å²) in [5, 5.41) is 58.8. The molecule has 0 amide bonds. The van der Waals surface area contributed by atoms with Crippen LogP contribution in [0, 0.1) is 70.5 Å². The van der Waals surface area contributed by atoms with Gasteiger partial charge < -0.3 is 24.8 Å². The number of fused-ring (bicyclic) bond motifs is 7. The van der Waals surface area contributed by atoms with E-state index in [9.17, 15) is 40.3 Å². The summed E-state index contributed by atoms with van der Waals surface area (Å²) < 4.78 is 11.5. The van der Waals surface area contributed by atoms with E-state index < -0.39 is 45.6 Å². The fourth-order valence-corrected chi connectivity index (χ4v) is 12.7. The van der Waals surface area contributed by atoms with Crippen molar-refractivity contribution in [1.82, 2.24) is 0 Å². The van der Waals surface area contributed by atoms with Gasteiger partial charge in [-0.15, -0.1) is 0 Å². The Balaban J connectivity index is 1.17. The Bertz CT molecular complexity index is 1830. The van der Waals surface area contributed by atoms with Crippen LogP contribution in [0.1, 0.15) is 113 Å². The average molecular weight is 767 g/mol. The van der Waals surface area contributed by atoms with E-state index in [1.807, 2.05) is 0 Å². The van der Waals surface area contributed by atoms with Crippen LogP contribution in [0.3, 0.4) is 0 Å². The summed E-state index contributed by atoms with van der Waals surface area (Å²) in [6.07, 6.45) is 5.18. The lowest BCUT2D eigenvalue weighted by Gasteiger charge is -2.70. The minimum atomic E-state index is -1.54. The number of rotatable bonds is 6. The number of nitrogens with one attached hydrogen (secondary N) is 1. The van der Waals surface area contributed by atoms with Crippen molar-refractivity contribution in [2.24, 2.45) is 55.3 Å². The molecule has 1 heterocycles. The van der Waals surface area contributed by atoms with Gasteiger partial charge in [-0.3, -0.25) is 30.4 Å². The third-order valence-electron chi connectivity index (χ3n) is 16.2. The van der Waals surface area contributed by atoms with Crippen molar-refractivity contribution in [3.63, 3.8) is 0 Å². The van der Waals surface area contributed by atoms with Crippen LogP contribution in [0.5, 0.6) is 0 Å². The number of hydrogen-bond acceptors (Lipinski definition) is 12. The number of non-ortho nitro benzene ring substituents is 1. The average Bonchev–Trinajstić information content (AvgIpc) is 3.11. The van der Waals surface area contributed by atoms with Crippen LogP contribution in [0.4, 0.5) is 17.1 Å². The molecule has 5 fully saturated rings. The van der Waals surface area contributed by atoms with Gasteiger partial charge in [-0.1, -0.05) is 60.1 Å². The molecule has 0 spiro atoms. The predicted octanol–water partition coefficient (Wildman–Crippen LogP) is 7.05. The van der Waals surface area contributed by atoms with E-state index in [4.69, 9.17) is 14.6 Å². The molecule has 5 aliphatic carbocycles. The van der Waals surface area contributed by atoms with Crippen molar-refractivity contribution >= 4 is 28.7 Å². The topological polar surface area (TPSA) is 207 Å². The Morgan fingerprint density at radius 3 is 2.33 bits per heavy atom. The fraction of sp³-hybridized carbons (Fsp3) is 0.756. The predicted molar refractivity (Wildman–Crippen MR) is 204 cm³/mol. The Hall–Kier alpha value is -3.46. The van der Waals surface area contributed by atoms with Gasteiger partial charge in [0.2, 0.25) is 6.29 Å². The molecule has 1 aromatic carbocycles. The third kappa shape index (κ3) is 6.03. The molecule has 1 aliphatic heterocycles. The van der Waals surface area contributed by atoms with Crippen molar-refractivity contribution in [1.29, 1.82) is 0 Å². The summed E-state index contributed by atoms with van der Waals surface area (Å²) in [5.74, 6) is 0.227. The summed E-state index contributed by atoms with van der Waals surface area (Å²) in [6, 6.07) is 3.54. The van der Waals surface area contributed by atoms with Crippen LogP contribution in [0.2, 0.25) is 0 Å². The Labute approximate surface area is 322 Å². The van der Waals surface area contributed by atoms with Crippen molar-refractivity contribution in [2.75, 3.05) is 12.0 Å². The number of carbonyl (C=O) groups is 1. The molecule has 0 bridgehead atoms. The molecule has 0 aromatic heterocycles. The second-order valence-electron chi connectivity index (χ2n) is 19.6. The summed E-state index contributed by atoms with van der Waals surface area (Å²) in [5.41, 5.74) is 3.24. The number of aliphatic hydroxyl groups is 3. The highest BCUT2D eigenvalue weighted by molar-refractivity contribution is 5.91. The van der Waals surface area contributed by atoms with Crippen molar-refractivity contribution in [3.8, 4) is 0 Å². The number of carbonyl (C=O) groups excluding carboxylic acids is 1. The van der Waals surface area contributed by atoms with Gasteiger partial charge in [-0.05, 0) is 110 Å². The number of benzene rings is 1. The van der Waals surface area contributed by atoms with E-state index in [2.05, 4.69) is 60.0 Å². The molecule has 14 heteroatoms. The minimum Gasteiger partial charge on any atom is -0.432 e. The second kappa shape index (κ2) is 13.3. The first-order chi connectivity index (χ1) is 25.6. The van der Waals surface area contributed by atoms with E-state index in [0.717, 1.165) is 56.7 Å². The zero-order valence-electron chi connectivity index (χ0n) is 33.2. The minimum absolute atomic E-state index is 0.0160. The number of nitrogens with zero attached hydrogens (tertiary/aromatic N) is 3. The van der Waals surface area contributed by atoms with Crippen LogP contribution in [0.15, 0.2) is 34.9 Å². The Morgan fingerprint density at radius 2 is 1.64 bits per heavy atom. The normalized spacial score (nSPS) is 42.4. The first kappa shape index (κ1) is 39.8. The smallest absolute Gasteiger partial charge is 0.315 e. The molecule has 11 atom stereocenters. The number of nitro benzene ring substituents is 2. The van der Waals surface area contributed by atoms with Crippen LogP contribution in [-0.2, 0) is 14.3 Å². The standard InChI is InChI=1S/C41H58N4O10/c1-36(2)16-18-41(35(49)55-34-33(48)32(47)28(46)22-54-34)19-17-39(6)24(25(41)21-36)9-11-30-38(5)14-13-31(37(3,4)29(38)12-15-40(30,39)7)43-42-26-10-8-23(44(50)51)20-27(26)45(52)53/h8-10,20,25,28-30,32-34,42,46-48H,11-19,21-22H2,1-7H3/b43-31+/t25-,28+,29-,30+,32+,33-,34-,38-,39+,40+,41-/m0/s1. The Morgan fingerprint density at radius 1 is 0.927 bits per heavy atom. The zero-order chi connectivity index (χ0) is 40.1. The van der Waals surface area contributed by atoms with Gasteiger partial charge in [0.25, 0.3) is 5.69 Å². The zero-order valence-corrected chi connectivity index (χ0v) is 33.2. The van der Waals surface area contributed by atoms with Gasteiger partial charge in [0.15, 0.2) is 0 Å². The first-order valence-electron chi connectivity index (χ1n) is 19.9. The van der Waals surface area contributed by atoms with Gasteiger partial charge in [0, 0.05) is 17.2 Å². The number of hydrazone groups is 1. The molecule has 0 radical (unpaired) electrons. The largest absolute Gasteiger partial charge is 0.432 e. The van der Waals surface area contributed by atoms with Gasteiger partial charge in [0.1, 0.15) is 24.0 Å². The second-order valence-corrected chi connectivity index (χ2v) is 19.6.